The zero-order valence-corrected chi connectivity index (χ0v) is 11.5. The van der Waals surface area contributed by atoms with Crippen LogP contribution in [0.5, 0.6) is 0 Å². The first kappa shape index (κ1) is 12.7. The zero-order chi connectivity index (χ0) is 14.0. The Hall–Kier alpha value is -2.33. The van der Waals surface area contributed by atoms with Gasteiger partial charge >= 0.3 is 0 Å². The molecule has 2 aromatic heterocycles. The Kier molecular flexibility index (Phi) is 3.16. The molecule has 4 heteroatoms. The Labute approximate surface area is 118 Å². The molecular formula is C16H18N4. The lowest BCUT2D eigenvalue weighted by molar-refractivity contribution is 0.553. The molecule has 3 rings (SSSR count). The molecule has 2 heterocycles. The molecule has 0 aliphatic heterocycles. The fraction of sp³-hybridized carbons (Fsp3) is 0.188. The summed E-state index contributed by atoms with van der Waals surface area (Å²) in [5, 5.41) is 3.55. The van der Waals surface area contributed by atoms with Crippen LogP contribution in [0.3, 0.4) is 0 Å². The average molecular weight is 266 g/mol. The molecule has 0 fully saturated rings. The first-order chi connectivity index (χ1) is 9.73. The summed E-state index contributed by atoms with van der Waals surface area (Å²) in [5.74, 6) is 0.983. The van der Waals surface area contributed by atoms with Crippen LogP contribution in [0.25, 0.3) is 5.65 Å². The molecule has 0 saturated carbocycles. The zero-order valence-electron chi connectivity index (χ0n) is 11.5. The van der Waals surface area contributed by atoms with Crippen LogP contribution in [0.2, 0.25) is 0 Å². The van der Waals surface area contributed by atoms with Gasteiger partial charge in [-0.15, -0.1) is 0 Å². The number of nitrogens with one attached hydrogen (secondary N) is 1. The molecule has 102 valence electrons. The molecule has 0 radical (unpaired) electrons. The second kappa shape index (κ2) is 4.98. The first-order valence-electron chi connectivity index (χ1n) is 6.69. The maximum Gasteiger partial charge on any atom is 0.138 e. The fourth-order valence-electron chi connectivity index (χ4n) is 2.38. The molecule has 0 spiro atoms. The Morgan fingerprint density at radius 1 is 1.15 bits per heavy atom. The largest absolute Gasteiger partial charge is 0.361 e. The van der Waals surface area contributed by atoms with E-state index < -0.39 is 0 Å². The monoisotopic (exact) mass is 266 g/mol. The molecule has 1 aromatic carbocycles. The van der Waals surface area contributed by atoms with Crippen molar-refractivity contribution in [3.8, 4) is 0 Å². The molecule has 0 saturated heterocycles. The van der Waals surface area contributed by atoms with Gasteiger partial charge < -0.3 is 11.1 Å². The van der Waals surface area contributed by atoms with Crippen LogP contribution in [0, 0.1) is 0 Å². The molecule has 0 amide bonds. The van der Waals surface area contributed by atoms with Gasteiger partial charge in [-0.05, 0) is 24.6 Å². The van der Waals surface area contributed by atoms with Crippen molar-refractivity contribution in [1.29, 1.82) is 0 Å². The van der Waals surface area contributed by atoms with Crippen LogP contribution < -0.4 is 11.1 Å². The lowest BCUT2D eigenvalue weighted by Crippen LogP contribution is -2.40. The third kappa shape index (κ3) is 2.14. The van der Waals surface area contributed by atoms with Gasteiger partial charge in [-0.2, -0.15) is 0 Å². The predicted octanol–water partition coefficient (Wildman–Crippen LogP) is 2.62. The molecule has 0 aliphatic rings. The number of nitrogens with zero attached hydrogens (tertiary/aromatic N) is 2. The van der Waals surface area contributed by atoms with Gasteiger partial charge in [-0.25, -0.2) is 4.98 Å². The van der Waals surface area contributed by atoms with Crippen molar-refractivity contribution in [2.24, 2.45) is 5.73 Å². The Morgan fingerprint density at radius 3 is 2.70 bits per heavy atom. The Bertz CT molecular complexity index is 705. The number of hydrogen-bond donors (Lipinski definition) is 2. The number of anilines is 1. The number of aromatic nitrogens is 2. The third-order valence-electron chi connectivity index (χ3n) is 3.65. The lowest BCUT2D eigenvalue weighted by atomic mass is 9.92. The number of pyridine rings is 1. The third-order valence-corrected chi connectivity index (χ3v) is 3.65. The lowest BCUT2D eigenvalue weighted by Gasteiger charge is -2.31. The summed E-state index contributed by atoms with van der Waals surface area (Å²) in [4.78, 5) is 4.30. The number of rotatable bonds is 4. The van der Waals surface area contributed by atoms with Gasteiger partial charge in [0.05, 0.1) is 5.54 Å². The number of hydrogen-bond acceptors (Lipinski definition) is 3. The van der Waals surface area contributed by atoms with E-state index >= 15 is 0 Å². The normalized spacial score (nSPS) is 14.1. The quantitative estimate of drug-likeness (QED) is 0.763. The molecule has 3 aromatic rings. The molecule has 0 aliphatic carbocycles. The van der Waals surface area contributed by atoms with Crippen LogP contribution in [-0.4, -0.2) is 15.9 Å². The van der Waals surface area contributed by atoms with Crippen molar-refractivity contribution < 1.29 is 0 Å². The molecule has 3 N–H and O–H groups in total. The molecule has 4 nitrogen and oxygen atoms in total. The minimum absolute atomic E-state index is 0.320. The van der Waals surface area contributed by atoms with Crippen molar-refractivity contribution >= 4 is 11.5 Å². The topological polar surface area (TPSA) is 55.3 Å². The van der Waals surface area contributed by atoms with Crippen molar-refractivity contribution in [2.75, 3.05) is 11.9 Å². The maximum atomic E-state index is 6.02. The van der Waals surface area contributed by atoms with E-state index in [-0.39, 0.29) is 5.54 Å². The highest BCUT2D eigenvalue weighted by atomic mass is 15.1. The van der Waals surface area contributed by atoms with Gasteiger partial charge in [-0.3, -0.25) is 4.40 Å². The van der Waals surface area contributed by atoms with Crippen molar-refractivity contribution in [3.63, 3.8) is 0 Å². The number of fused-ring (bicyclic) bond motifs is 1. The minimum Gasteiger partial charge on any atom is -0.361 e. The maximum absolute atomic E-state index is 6.02. The highest BCUT2D eigenvalue weighted by Gasteiger charge is 2.25. The summed E-state index contributed by atoms with van der Waals surface area (Å²) in [6, 6.07) is 16.3. The molecule has 20 heavy (non-hydrogen) atoms. The van der Waals surface area contributed by atoms with Crippen LogP contribution in [0.1, 0.15) is 12.5 Å². The fourth-order valence-corrected chi connectivity index (χ4v) is 2.38. The van der Waals surface area contributed by atoms with E-state index in [0.717, 1.165) is 11.5 Å². The van der Waals surface area contributed by atoms with Crippen LogP contribution in [0.4, 0.5) is 5.82 Å². The smallest absolute Gasteiger partial charge is 0.138 e. The highest BCUT2D eigenvalue weighted by Crippen LogP contribution is 2.25. The molecule has 1 atom stereocenters. The van der Waals surface area contributed by atoms with Crippen LogP contribution in [0.15, 0.2) is 60.9 Å². The predicted molar refractivity (Wildman–Crippen MR) is 81.7 cm³/mol. The van der Waals surface area contributed by atoms with Gasteiger partial charge in [0.15, 0.2) is 0 Å². The van der Waals surface area contributed by atoms with Gasteiger partial charge in [0.1, 0.15) is 11.5 Å². The van der Waals surface area contributed by atoms with E-state index in [1.807, 2.05) is 47.0 Å². The number of benzene rings is 1. The van der Waals surface area contributed by atoms with Gasteiger partial charge in [0, 0.05) is 18.9 Å². The van der Waals surface area contributed by atoms with E-state index in [4.69, 9.17) is 5.73 Å². The van der Waals surface area contributed by atoms with Gasteiger partial charge in [-0.1, -0.05) is 36.4 Å². The van der Waals surface area contributed by atoms with E-state index in [9.17, 15) is 0 Å². The van der Waals surface area contributed by atoms with E-state index in [2.05, 4.69) is 29.4 Å². The molecular weight excluding hydrogens is 248 g/mol. The van der Waals surface area contributed by atoms with Crippen LogP contribution in [-0.2, 0) is 5.54 Å². The van der Waals surface area contributed by atoms with E-state index in [0.29, 0.717) is 6.54 Å². The van der Waals surface area contributed by atoms with Crippen LogP contribution >= 0.6 is 0 Å². The van der Waals surface area contributed by atoms with Crippen molar-refractivity contribution in [2.45, 2.75) is 12.5 Å². The van der Waals surface area contributed by atoms with Crippen molar-refractivity contribution in [3.05, 3.63) is 66.5 Å². The van der Waals surface area contributed by atoms with Crippen molar-refractivity contribution in [1.82, 2.24) is 9.38 Å². The summed E-state index contributed by atoms with van der Waals surface area (Å²) < 4.78 is 2.02. The molecule has 1 unspecified atom stereocenters. The summed E-state index contributed by atoms with van der Waals surface area (Å²) in [5.41, 5.74) is 7.78. The van der Waals surface area contributed by atoms with Gasteiger partial charge in [0.2, 0.25) is 0 Å². The summed E-state index contributed by atoms with van der Waals surface area (Å²) >= 11 is 0. The summed E-state index contributed by atoms with van der Waals surface area (Å²) in [6.07, 6.45) is 3.74. The van der Waals surface area contributed by atoms with E-state index in [1.165, 1.54) is 5.56 Å². The Balaban J connectivity index is 2.01. The standard InChI is InChI=1S/C16H18N4/c1-16(12-17,13-6-3-2-4-7-13)19-15-9-5-8-14-18-10-11-20(14)15/h2-11,19H,12,17H2,1H3. The summed E-state index contributed by atoms with van der Waals surface area (Å²) in [7, 11) is 0. The number of imidazole rings is 1. The average Bonchev–Trinajstić information content (AvgIpc) is 2.98. The summed E-state index contributed by atoms with van der Waals surface area (Å²) in [6.45, 7) is 2.61. The highest BCUT2D eigenvalue weighted by molar-refractivity contribution is 5.52. The second-order valence-corrected chi connectivity index (χ2v) is 5.09. The molecule has 0 bridgehead atoms. The second-order valence-electron chi connectivity index (χ2n) is 5.09. The minimum atomic E-state index is -0.320. The van der Waals surface area contributed by atoms with Gasteiger partial charge in [0.25, 0.3) is 0 Å². The number of nitrogens with two attached hydrogens (primary N) is 1. The van der Waals surface area contributed by atoms with E-state index in [1.54, 1.807) is 6.20 Å². The first-order valence-corrected chi connectivity index (χ1v) is 6.69. The SMILES string of the molecule is CC(CN)(Nc1cccc2nccn12)c1ccccc1. The Morgan fingerprint density at radius 2 is 1.95 bits per heavy atom.